The molecule has 0 spiro atoms. The number of anilines is 2. The molecule has 0 saturated carbocycles. The molecule has 0 radical (unpaired) electrons. The first-order valence-electron chi connectivity index (χ1n) is 11.4. The van der Waals surface area contributed by atoms with Gasteiger partial charge in [0.1, 0.15) is 18.0 Å². The van der Waals surface area contributed by atoms with Crippen molar-refractivity contribution in [3.63, 3.8) is 0 Å². The first kappa shape index (κ1) is 20.5. The predicted molar refractivity (Wildman–Crippen MR) is 124 cm³/mol. The Morgan fingerprint density at radius 3 is 2.69 bits per heavy atom. The topological polar surface area (TPSA) is 75.1 Å². The Balaban J connectivity index is 1.34. The highest BCUT2D eigenvalue weighted by molar-refractivity contribution is 5.95. The van der Waals surface area contributed by atoms with Crippen LogP contribution in [0.4, 0.5) is 11.5 Å². The molecule has 1 atom stereocenters. The third-order valence-corrected chi connectivity index (χ3v) is 6.51. The molecule has 32 heavy (non-hydrogen) atoms. The summed E-state index contributed by atoms with van der Waals surface area (Å²) >= 11 is 0. The lowest BCUT2D eigenvalue weighted by atomic mass is 10.0. The predicted octanol–water partition coefficient (Wildman–Crippen LogP) is 3.48. The summed E-state index contributed by atoms with van der Waals surface area (Å²) in [4.78, 5) is 35.1. The quantitative estimate of drug-likeness (QED) is 0.598. The van der Waals surface area contributed by atoms with Crippen LogP contribution in [0.1, 0.15) is 47.8 Å². The van der Waals surface area contributed by atoms with Crippen molar-refractivity contribution in [2.75, 3.05) is 29.4 Å². The van der Waals surface area contributed by atoms with Crippen LogP contribution in [0.3, 0.4) is 0 Å². The number of benzene rings is 1. The Kier molecular flexibility index (Phi) is 5.79. The van der Waals surface area contributed by atoms with Crippen LogP contribution in [0.15, 0.2) is 49.1 Å². The maximum Gasteiger partial charge on any atom is 0.228 e. The molecule has 2 aliphatic heterocycles. The third kappa shape index (κ3) is 4.20. The summed E-state index contributed by atoms with van der Waals surface area (Å²) in [6.07, 6.45) is 9.36. The van der Waals surface area contributed by atoms with E-state index >= 15 is 0 Å². The van der Waals surface area contributed by atoms with Gasteiger partial charge in [-0.05, 0) is 38.2 Å². The number of nitrogens with zero attached hydrogens (tertiary/aromatic N) is 6. The SMILES string of the molecule is Cc1nc([C@H]2CCN(c3cncnc3)C2)nc2c1CCC(=O)N2CCCc1ccccc1. The molecule has 2 aromatic heterocycles. The molecule has 0 unspecified atom stereocenters. The number of rotatable bonds is 6. The normalized spacial score (nSPS) is 18.2. The lowest BCUT2D eigenvalue weighted by molar-refractivity contribution is -0.119. The molecule has 164 valence electrons. The van der Waals surface area contributed by atoms with Gasteiger partial charge in [0.2, 0.25) is 5.91 Å². The molecule has 5 rings (SSSR count). The Morgan fingerprint density at radius 1 is 1.06 bits per heavy atom. The van der Waals surface area contributed by atoms with E-state index in [-0.39, 0.29) is 11.8 Å². The molecule has 7 nitrogen and oxygen atoms in total. The molecule has 1 aromatic carbocycles. The number of carbonyl (C=O) groups excluding carboxylic acids is 1. The zero-order valence-corrected chi connectivity index (χ0v) is 18.4. The fourth-order valence-corrected chi connectivity index (χ4v) is 4.76. The standard InChI is InChI=1S/C25H28N6O/c1-18-22-9-10-23(32)31(12-5-8-19-6-3-2-4-7-19)25(22)29-24(28-18)20-11-13-30(16-20)21-14-26-17-27-15-21/h2-4,6-7,14-15,17,20H,5,8-13,16H2,1H3/t20-/m0/s1. The summed E-state index contributed by atoms with van der Waals surface area (Å²) in [5.74, 6) is 2.09. The zero-order chi connectivity index (χ0) is 21.9. The van der Waals surface area contributed by atoms with Gasteiger partial charge in [0, 0.05) is 43.2 Å². The van der Waals surface area contributed by atoms with E-state index in [1.54, 1.807) is 6.33 Å². The minimum absolute atomic E-state index is 0.170. The summed E-state index contributed by atoms with van der Waals surface area (Å²) in [5.41, 5.74) is 4.46. The summed E-state index contributed by atoms with van der Waals surface area (Å²) < 4.78 is 0. The van der Waals surface area contributed by atoms with Crippen molar-refractivity contribution in [2.24, 2.45) is 0 Å². The van der Waals surface area contributed by atoms with Gasteiger partial charge >= 0.3 is 0 Å². The fraction of sp³-hybridized carbons (Fsp3) is 0.400. The largest absolute Gasteiger partial charge is 0.368 e. The van der Waals surface area contributed by atoms with E-state index in [0.29, 0.717) is 13.0 Å². The third-order valence-electron chi connectivity index (χ3n) is 6.51. The summed E-state index contributed by atoms with van der Waals surface area (Å²) in [6, 6.07) is 10.4. The van der Waals surface area contributed by atoms with Gasteiger partial charge in [-0.2, -0.15) is 0 Å². The van der Waals surface area contributed by atoms with Gasteiger partial charge in [0.15, 0.2) is 0 Å². The van der Waals surface area contributed by atoms with Crippen molar-refractivity contribution >= 4 is 17.4 Å². The van der Waals surface area contributed by atoms with Crippen LogP contribution in [0.5, 0.6) is 0 Å². The molecule has 1 amide bonds. The number of carbonyl (C=O) groups is 1. The van der Waals surface area contributed by atoms with E-state index in [2.05, 4.69) is 46.1 Å². The van der Waals surface area contributed by atoms with Gasteiger partial charge in [-0.3, -0.25) is 9.69 Å². The van der Waals surface area contributed by atoms with E-state index in [1.807, 2.05) is 23.4 Å². The van der Waals surface area contributed by atoms with E-state index in [4.69, 9.17) is 9.97 Å². The average Bonchev–Trinajstić information content (AvgIpc) is 3.32. The minimum atomic E-state index is 0.170. The number of amides is 1. The molecule has 3 aromatic rings. The molecular weight excluding hydrogens is 400 g/mol. The highest BCUT2D eigenvalue weighted by atomic mass is 16.2. The molecule has 0 aliphatic carbocycles. The first-order chi connectivity index (χ1) is 15.7. The monoisotopic (exact) mass is 428 g/mol. The van der Waals surface area contributed by atoms with Crippen LogP contribution < -0.4 is 9.80 Å². The smallest absolute Gasteiger partial charge is 0.228 e. The van der Waals surface area contributed by atoms with Gasteiger partial charge in [0.05, 0.1) is 18.1 Å². The van der Waals surface area contributed by atoms with Gasteiger partial charge in [-0.25, -0.2) is 19.9 Å². The van der Waals surface area contributed by atoms with Crippen molar-refractivity contribution in [1.29, 1.82) is 0 Å². The van der Waals surface area contributed by atoms with Crippen molar-refractivity contribution in [3.05, 3.63) is 71.7 Å². The average molecular weight is 429 g/mol. The number of aryl methyl sites for hydroxylation is 2. The second-order valence-electron chi connectivity index (χ2n) is 8.63. The summed E-state index contributed by atoms with van der Waals surface area (Å²) in [5, 5.41) is 0. The van der Waals surface area contributed by atoms with E-state index in [1.165, 1.54) is 5.56 Å². The van der Waals surface area contributed by atoms with Crippen molar-refractivity contribution < 1.29 is 4.79 Å². The number of aromatic nitrogens is 4. The number of hydrogen-bond acceptors (Lipinski definition) is 6. The van der Waals surface area contributed by atoms with Crippen molar-refractivity contribution in [3.8, 4) is 0 Å². The summed E-state index contributed by atoms with van der Waals surface area (Å²) in [7, 11) is 0. The van der Waals surface area contributed by atoms with E-state index in [9.17, 15) is 4.79 Å². The van der Waals surface area contributed by atoms with Crippen LogP contribution >= 0.6 is 0 Å². The van der Waals surface area contributed by atoms with Gasteiger partial charge in [-0.1, -0.05) is 30.3 Å². The lowest BCUT2D eigenvalue weighted by Gasteiger charge is -2.30. The first-order valence-corrected chi connectivity index (χ1v) is 11.4. The Labute approximate surface area is 188 Å². The molecule has 1 fully saturated rings. The molecule has 4 heterocycles. The van der Waals surface area contributed by atoms with Crippen LogP contribution in [0.2, 0.25) is 0 Å². The molecular formula is C25H28N6O. The number of fused-ring (bicyclic) bond motifs is 1. The van der Waals surface area contributed by atoms with Crippen LogP contribution in [-0.2, 0) is 17.6 Å². The fourth-order valence-electron chi connectivity index (χ4n) is 4.76. The van der Waals surface area contributed by atoms with Crippen LogP contribution in [-0.4, -0.2) is 45.5 Å². The minimum Gasteiger partial charge on any atom is -0.368 e. The lowest BCUT2D eigenvalue weighted by Crippen LogP contribution is -2.38. The summed E-state index contributed by atoms with van der Waals surface area (Å²) in [6.45, 7) is 4.51. The van der Waals surface area contributed by atoms with Crippen LogP contribution in [0, 0.1) is 6.92 Å². The number of hydrogen-bond donors (Lipinski definition) is 0. The molecule has 0 N–H and O–H groups in total. The maximum atomic E-state index is 12.8. The molecule has 2 aliphatic rings. The van der Waals surface area contributed by atoms with Gasteiger partial charge in [0.25, 0.3) is 0 Å². The van der Waals surface area contributed by atoms with E-state index in [0.717, 1.165) is 67.4 Å². The molecule has 0 bridgehead atoms. The zero-order valence-electron chi connectivity index (χ0n) is 18.4. The Morgan fingerprint density at radius 2 is 1.88 bits per heavy atom. The highest BCUT2D eigenvalue weighted by Gasteiger charge is 2.31. The molecule has 7 heteroatoms. The highest BCUT2D eigenvalue weighted by Crippen LogP contribution is 2.33. The van der Waals surface area contributed by atoms with Gasteiger partial charge < -0.3 is 4.90 Å². The Bertz CT molecular complexity index is 1090. The maximum absolute atomic E-state index is 12.8. The molecule has 1 saturated heterocycles. The van der Waals surface area contributed by atoms with Gasteiger partial charge in [-0.15, -0.1) is 0 Å². The second kappa shape index (κ2) is 9.02. The second-order valence-corrected chi connectivity index (χ2v) is 8.63. The van der Waals surface area contributed by atoms with Crippen molar-refractivity contribution in [2.45, 2.75) is 44.9 Å². The van der Waals surface area contributed by atoms with E-state index < -0.39 is 0 Å². The van der Waals surface area contributed by atoms with Crippen molar-refractivity contribution in [1.82, 2.24) is 19.9 Å². The van der Waals surface area contributed by atoms with Crippen LogP contribution in [0.25, 0.3) is 0 Å². The Hall–Kier alpha value is -3.35.